The van der Waals surface area contributed by atoms with Crippen LogP contribution in [0.5, 0.6) is 0 Å². The fourth-order valence-electron chi connectivity index (χ4n) is 2.15. The maximum atomic E-state index is 12.1. The normalized spacial score (nSPS) is 10.6. The number of aromatic carboxylic acids is 1. The molecule has 1 aromatic heterocycles. The molecule has 20 heavy (non-hydrogen) atoms. The number of para-hydroxylation sites is 1. The predicted molar refractivity (Wildman–Crippen MR) is 77.0 cm³/mol. The van der Waals surface area contributed by atoms with Gasteiger partial charge in [0.1, 0.15) is 0 Å². The third kappa shape index (κ3) is 2.07. The minimum absolute atomic E-state index is 0.188. The molecule has 0 saturated carbocycles. The molecule has 2 aromatic carbocycles. The average molecular weight is 265 g/mol. The summed E-state index contributed by atoms with van der Waals surface area (Å²) < 4.78 is 0. The van der Waals surface area contributed by atoms with E-state index >= 15 is 0 Å². The van der Waals surface area contributed by atoms with Crippen molar-refractivity contribution in [3.63, 3.8) is 0 Å². The summed E-state index contributed by atoms with van der Waals surface area (Å²) in [5.74, 6) is -0.982. The van der Waals surface area contributed by atoms with Gasteiger partial charge in [-0.15, -0.1) is 0 Å². The van der Waals surface area contributed by atoms with Crippen LogP contribution in [0.3, 0.4) is 0 Å². The Bertz CT molecular complexity index is 847. The number of hydrogen-bond acceptors (Lipinski definition) is 2. The van der Waals surface area contributed by atoms with E-state index in [2.05, 4.69) is 4.98 Å². The Morgan fingerprint density at radius 1 is 1.00 bits per heavy atom. The summed E-state index contributed by atoms with van der Waals surface area (Å²) in [6.07, 6.45) is 0. The number of benzene rings is 2. The molecule has 0 amide bonds. The van der Waals surface area contributed by atoms with Gasteiger partial charge in [-0.25, -0.2) is 4.79 Å². The van der Waals surface area contributed by atoms with Crippen molar-refractivity contribution in [1.82, 2.24) is 4.98 Å². The van der Waals surface area contributed by atoms with E-state index in [1.54, 1.807) is 12.1 Å². The first-order chi connectivity index (χ1) is 9.65. The summed E-state index contributed by atoms with van der Waals surface area (Å²) in [6.45, 7) is 0. The Hall–Kier alpha value is -2.88. The van der Waals surface area contributed by atoms with Gasteiger partial charge in [-0.05, 0) is 35.2 Å². The number of aromatic amines is 1. The summed E-state index contributed by atoms with van der Waals surface area (Å²) in [4.78, 5) is 25.7. The van der Waals surface area contributed by atoms with Crippen LogP contribution >= 0.6 is 0 Å². The van der Waals surface area contributed by atoms with Crippen LogP contribution < -0.4 is 5.56 Å². The fourth-order valence-corrected chi connectivity index (χ4v) is 2.15. The molecule has 0 bridgehead atoms. The lowest BCUT2D eigenvalue weighted by Crippen LogP contribution is -2.08. The topological polar surface area (TPSA) is 70.2 Å². The number of carboxylic acids is 1. The summed E-state index contributed by atoms with van der Waals surface area (Å²) in [5, 5.41) is 9.81. The van der Waals surface area contributed by atoms with E-state index in [9.17, 15) is 9.59 Å². The monoisotopic (exact) mass is 265 g/mol. The Morgan fingerprint density at radius 2 is 1.70 bits per heavy atom. The second kappa shape index (κ2) is 4.66. The zero-order valence-electron chi connectivity index (χ0n) is 10.5. The molecule has 1 heterocycles. The molecule has 0 radical (unpaired) electrons. The van der Waals surface area contributed by atoms with Gasteiger partial charge in [0.25, 0.3) is 5.56 Å². The zero-order valence-corrected chi connectivity index (χ0v) is 10.5. The van der Waals surface area contributed by atoms with Gasteiger partial charge in [-0.2, -0.15) is 0 Å². The molecule has 0 aliphatic carbocycles. The highest BCUT2D eigenvalue weighted by Crippen LogP contribution is 2.20. The smallest absolute Gasteiger partial charge is 0.335 e. The van der Waals surface area contributed by atoms with E-state index in [0.29, 0.717) is 11.1 Å². The van der Waals surface area contributed by atoms with Gasteiger partial charge in [-0.1, -0.05) is 30.3 Å². The Balaban J connectivity index is 2.16. The molecule has 98 valence electrons. The molecule has 4 nitrogen and oxygen atoms in total. The van der Waals surface area contributed by atoms with Crippen molar-refractivity contribution in [2.24, 2.45) is 0 Å². The van der Waals surface area contributed by atoms with Gasteiger partial charge in [-0.3, -0.25) is 4.79 Å². The van der Waals surface area contributed by atoms with Gasteiger partial charge >= 0.3 is 5.97 Å². The van der Waals surface area contributed by atoms with Crippen molar-refractivity contribution in [2.45, 2.75) is 0 Å². The number of H-pyrrole nitrogens is 1. The molecule has 3 rings (SSSR count). The number of carbonyl (C=O) groups is 1. The Labute approximate surface area is 114 Å². The van der Waals surface area contributed by atoms with Gasteiger partial charge in [0, 0.05) is 11.1 Å². The first kappa shape index (κ1) is 12.2. The van der Waals surface area contributed by atoms with Crippen molar-refractivity contribution in [3.8, 4) is 11.1 Å². The lowest BCUT2D eigenvalue weighted by atomic mass is 10.0. The van der Waals surface area contributed by atoms with Crippen molar-refractivity contribution in [3.05, 3.63) is 70.5 Å². The SMILES string of the molecule is O=C(O)c1ccc(-c2cc3ccccc3[nH]c2=O)cc1. The molecular formula is C16H11NO3. The van der Waals surface area contributed by atoms with E-state index in [4.69, 9.17) is 5.11 Å². The van der Waals surface area contributed by atoms with E-state index < -0.39 is 5.97 Å². The molecule has 0 atom stereocenters. The molecule has 0 spiro atoms. The largest absolute Gasteiger partial charge is 0.478 e. The minimum atomic E-state index is -0.982. The number of rotatable bonds is 2. The number of carboxylic acid groups (broad SMARTS) is 1. The van der Waals surface area contributed by atoms with Crippen LogP contribution in [0.1, 0.15) is 10.4 Å². The van der Waals surface area contributed by atoms with E-state index in [1.165, 1.54) is 12.1 Å². The highest BCUT2D eigenvalue weighted by molar-refractivity contribution is 5.89. The lowest BCUT2D eigenvalue weighted by Gasteiger charge is -2.04. The van der Waals surface area contributed by atoms with E-state index in [-0.39, 0.29) is 11.1 Å². The van der Waals surface area contributed by atoms with Crippen LogP contribution in [-0.2, 0) is 0 Å². The number of pyridine rings is 1. The van der Waals surface area contributed by atoms with Gasteiger partial charge in [0.05, 0.1) is 5.56 Å². The maximum absolute atomic E-state index is 12.1. The van der Waals surface area contributed by atoms with E-state index in [1.807, 2.05) is 30.3 Å². The predicted octanol–water partition coefficient (Wildman–Crippen LogP) is 2.89. The molecule has 0 unspecified atom stereocenters. The Kier molecular flexibility index (Phi) is 2.84. The van der Waals surface area contributed by atoms with Crippen molar-refractivity contribution in [2.75, 3.05) is 0 Å². The quantitative estimate of drug-likeness (QED) is 0.748. The summed E-state index contributed by atoms with van der Waals surface area (Å²) in [6, 6.07) is 15.6. The number of hydrogen-bond donors (Lipinski definition) is 2. The molecule has 2 N–H and O–H groups in total. The molecule has 4 heteroatoms. The molecule has 0 aliphatic rings. The van der Waals surface area contributed by atoms with Crippen LogP contribution in [0.25, 0.3) is 22.0 Å². The second-order valence-electron chi connectivity index (χ2n) is 4.48. The van der Waals surface area contributed by atoms with Crippen molar-refractivity contribution < 1.29 is 9.90 Å². The first-order valence-corrected chi connectivity index (χ1v) is 6.11. The lowest BCUT2D eigenvalue weighted by molar-refractivity contribution is 0.0697. The molecule has 0 saturated heterocycles. The average Bonchev–Trinajstić information content (AvgIpc) is 2.46. The summed E-state index contributed by atoms with van der Waals surface area (Å²) in [7, 11) is 0. The number of aromatic nitrogens is 1. The third-order valence-electron chi connectivity index (χ3n) is 3.20. The molecule has 3 aromatic rings. The van der Waals surface area contributed by atoms with Crippen molar-refractivity contribution in [1.29, 1.82) is 0 Å². The molecule has 0 aliphatic heterocycles. The Morgan fingerprint density at radius 3 is 2.40 bits per heavy atom. The van der Waals surface area contributed by atoms with Gasteiger partial charge < -0.3 is 10.1 Å². The number of nitrogens with one attached hydrogen (secondary N) is 1. The van der Waals surface area contributed by atoms with Gasteiger partial charge in [0.2, 0.25) is 0 Å². The van der Waals surface area contributed by atoms with Crippen LogP contribution in [0.15, 0.2) is 59.4 Å². The van der Waals surface area contributed by atoms with Gasteiger partial charge in [0.15, 0.2) is 0 Å². The van der Waals surface area contributed by atoms with Crippen LogP contribution in [-0.4, -0.2) is 16.1 Å². The highest BCUT2D eigenvalue weighted by Gasteiger charge is 2.07. The van der Waals surface area contributed by atoms with Crippen molar-refractivity contribution >= 4 is 16.9 Å². The first-order valence-electron chi connectivity index (χ1n) is 6.11. The second-order valence-corrected chi connectivity index (χ2v) is 4.48. The highest BCUT2D eigenvalue weighted by atomic mass is 16.4. The number of fused-ring (bicyclic) bond motifs is 1. The van der Waals surface area contributed by atoms with Crippen LogP contribution in [0.4, 0.5) is 0 Å². The summed E-state index contributed by atoms with van der Waals surface area (Å²) >= 11 is 0. The minimum Gasteiger partial charge on any atom is -0.478 e. The summed E-state index contributed by atoms with van der Waals surface area (Å²) in [5.41, 5.74) is 2.02. The van der Waals surface area contributed by atoms with Crippen LogP contribution in [0.2, 0.25) is 0 Å². The zero-order chi connectivity index (χ0) is 14.1. The maximum Gasteiger partial charge on any atom is 0.335 e. The molecular weight excluding hydrogens is 254 g/mol. The molecule has 0 fully saturated rings. The van der Waals surface area contributed by atoms with Crippen LogP contribution in [0, 0.1) is 0 Å². The third-order valence-corrected chi connectivity index (χ3v) is 3.20. The van der Waals surface area contributed by atoms with E-state index in [0.717, 1.165) is 10.9 Å². The fraction of sp³-hybridized carbons (Fsp3) is 0. The standard InChI is InChI=1S/C16H11NO3/c18-15-13(9-12-3-1-2-4-14(12)17-15)10-5-7-11(8-6-10)16(19)20/h1-9H,(H,17,18)(H,19,20).